The molecule has 0 radical (unpaired) electrons. The van der Waals surface area contributed by atoms with Crippen LogP contribution < -0.4 is 14.5 Å². The molecule has 0 amide bonds. The SMILES string of the molecule is C=CC(C)=O.CC.CCCCCC.CCCN(CC(C)CC#N)c1nc(OC)nc2c1CCN(c1cccc3ccc(C)cc13)C2.CSC. The molecule has 7 nitrogen and oxygen atoms in total. The predicted octanol–water partition coefficient (Wildman–Crippen LogP) is 10.6. The predicted molar refractivity (Wildman–Crippen MR) is 215 cm³/mol. The number of ketones is 1. The topological polar surface area (TPSA) is 82.3 Å². The Hall–Kier alpha value is -3.57. The highest BCUT2D eigenvalue weighted by molar-refractivity contribution is 7.97. The van der Waals surface area contributed by atoms with Crippen LogP contribution in [0.1, 0.15) is 104 Å². The number of ether oxygens (including phenoxy) is 1. The Morgan fingerprint density at radius 1 is 1.12 bits per heavy atom. The summed E-state index contributed by atoms with van der Waals surface area (Å²) in [5, 5.41) is 11.7. The number of aryl methyl sites for hydroxylation is 1. The van der Waals surface area contributed by atoms with Crippen molar-refractivity contribution in [1.82, 2.24) is 9.97 Å². The van der Waals surface area contributed by atoms with Gasteiger partial charge < -0.3 is 14.5 Å². The Morgan fingerprint density at radius 2 is 1.76 bits per heavy atom. The van der Waals surface area contributed by atoms with Crippen molar-refractivity contribution in [3.05, 3.63) is 65.9 Å². The number of fused-ring (bicyclic) bond motifs is 2. The molecule has 0 aliphatic carbocycles. The number of thioether (sulfide) groups is 1. The highest BCUT2D eigenvalue weighted by Crippen LogP contribution is 2.34. The summed E-state index contributed by atoms with van der Waals surface area (Å²) in [6.07, 6.45) is 13.3. The van der Waals surface area contributed by atoms with Gasteiger partial charge in [0.2, 0.25) is 0 Å². The zero-order valence-corrected chi connectivity index (χ0v) is 33.4. The fourth-order valence-corrected chi connectivity index (χ4v) is 5.24. The summed E-state index contributed by atoms with van der Waals surface area (Å²) >= 11 is 1.75. The van der Waals surface area contributed by atoms with Crippen molar-refractivity contribution in [2.75, 3.05) is 49.1 Å². The van der Waals surface area contributed by atoms with Crippen LogP contribution in [0.25, 0.3) is 10.8 Å². The molecule has 272 valence electrons. The van der Waals surface area contributed by atoms with Gasteiger partial charge in [0.05, 0.1) is 25.4 Å². The third-order valence-electron chi connectivity index (χ3n) is 7.57. The summed E-state index contributed by atoms with van der Waals surface area (Å²) in [5.74, 6) is 1.26. The monoisotopic (exact) mass is 691 g/mol. The standard InChI is InChI=1S/C27H33N5O.C6H14.C4H6O.C2H6S.C2H6/c1-5-14-32(17-20(3)11-13-28)26-22-12-15-31(18-24(22)29-27(30-26)33-4)25-8-6-7-21-10-9-19(2)16-23(21)25;1-3-5-6-4-2;1-3-4(2)5;1-3-2;1-2/h6-10,16,20H,5,11-12,14-15,17-18H2,1-4H3;3-6H2,1-2H3;3H,1H2,2H3;1-2H3;1-2H3. The first-order chi connectivity index (χ1) is 23.6. The van der Waals surface area contributed by atoms with Gasteiger partial charge in [-0.25, -0.2) is 0 Å². The van der Waals surface area contributed by atoms with Crippen LogP contribution in [0.2, 0.25) is 0 Å². The maximum atomic E-state index is 9.69. The molecule has 2 heterocycles. The third-order valence-corrected chi connectivity index (χ3v) is 7.57. The third kappa shape index (κ3) is 16.6. The first-order valence-electron chi connectivity index (χ1n) is 18.0. The molecule has 2 aromatic carbocycles. The molecule has 8 heteroatoms. The molecule has 4 rings (SSSR count). The van der Waals surface area contributed by atoms with Crippen LogP contribution in [0.15, 0.2) is 49.1 Å². The van der Waals surface area contributed by atoms with E-state index in [1.54, 1.807) is 18.9 Å². The van der Waals surface area contributed by atoms with Gasteiger partial charge in [0, 0.05) is 42.7 Å². The van der Waals surface area contributed by atoms with Crippen molar-refractivity contribution in [2.24, 2.45) is 5.92 Å². The number of carbonyl (C=O) groups is 1. The maximum absolute atomic E-state index is 9.69. The van der Waals surface area contributed by atoms with Gasteiger partial charge >= 0.3 is 6.01 Å². The zero-order valence-electron chi connectivity index (χ0n) is 32.6. The van der Waals surface area contributed by atoms with E-state index in [0.717, 1.165) is 50.5 Å². The maximum Gasteiger partial charge on any atom is 0.318 e. The number of unbranched alkanes of at least 4 members (excludes halogenated alkanes) is 3. The van der Waals surface area contributed by atoms with Crippen LogP contribution in [0, 0.1) is 24.2 Å². The van der Waals surface area contributed by atoms with Crippen LogP contribution >= 0.6 is 11.8 Å². The summed E-state index contributed by atoms with van der Waals surface area (Å²) in [4.78, 5) is 24.0. The minimum absolute atomic E-state index is 0.0185. The van der Waals surface area contributed by atoms with Crippen LogP contribution in [-0.2, 0) is 17.8 Å². The number of hydrogen-bond acceptors (Lipinski definition) is 8. The molecule has 0 saturated carbocycles. The van der Waals surface area contributed by atoms with E-state index in [1.807, 2.05) is 26.4 Å². The number of anilines is 2. The van der Waals surface area contributed by atoms with Crippen LogP contribution in [0.4, 0.5) is 11.5 Å². The molecule has 0 saturated heterocycles. The molecule has 3 aromatic rings. The van der Waals surface area contributed by atoms with E-state index in [0.29, 0.717) is 12.4 Å². The van der Waals surface area contributed by atoms with E-state index in [9.17, 15) is 4.79 Å². The number of benzene rings is 2. The first kappa shape index (κ1) is 45.4. The lowest BCUT2D eigenvalue weighted by molar-refractivity contribution is -0.112. The minimum Gasteiger partial charge on any atom is -0.467 e. The molecule has 1 unspecified atom stereocenters. The van der Waals surface area contributed by atoms with Gasteiger partial charge in [0.25, 0.3) is 0 Å². The van der Waals surface area contributed by atoms with Crippen molar-refractivity contribution >= 4 is 39.8 Å². The largest absolute Gasteiger partial charge is 0.467 e. The number of carbonyl (C=O) groups excluding carboxylic acids is 1. The van der Waals surface area contributed by atoms with E-state index in [-0.39, 0.29) is 11.7 Å². The Morgan fingerprint density at radius 3 is 2.29 bits per heavy atom. The molecule has 0 fully saturated rings. The van der Waals surface area contributed by atoms with Gasteiger partial charge in [-0.1, -0.05) is 104 Å². The van der Waals surface area contributed by atoms with Crippen molar-refractivity contribution in [3.63, 3.8) is 0 Å². The quantitative estimate of drug-likeness (QED) is 0.137. The Bertz CT molecular complexity index is 1400. The summed E-state index contributed by atoms with van der Waals surface area (Å²) in [6.45, 7) is 22.9. The molecule has 0 N–H and O–H groups in total. The molecule has 49 heavy (non-hydrogen) atoms. The van der Waals surface area contributed by atoms with Crippen molar-refractivity contribution in [1.29, 1.82) is 5.26 Å². The van der Waals surface area contributed by atoms with Gasteiger partial charge in [0.1, 0.15) is 5.82 Å². The lowest BCUT2D eigenvalue weighted by Crippen LogP contribution is -2.36. The molecule has 0 spiro atoms. The molecule has 1 atom stereocenters. The van der Waals surface area contributed by atoms with Crippen molar-refractivity contribution in [2.45, 2.75) is 107 Å². The van der Waals surface area contributed by atoms with Gasteiger partial charge in [-0.3, -0.25) is 4.79 Å². The first-order valence-corrected chi connectivity index (χ1v) is 19.6. The highest BCUT2D eigenvalue weighted by atomic mass is 32.2. The fourth-order valence-electron chi connectivity index (χ4n) is 5.24. The molecule has 1 aliphatic rings. The summed E-state index contributed by atoms with van der Waals surface area (Å²) in [5.41, 5.74) is 4.75. The van der Waals surface area contributed by atoms with E-state index in [1.165, 1.54) is 66.3 Å². The second-order valence-corrected chi connectivity index (χ2v) is 12.8. The second kappa shape index (κ2) is 27.3. The van der Waals surface area contributed by atoms with E-state index in [2.05, 4.69) is 93.5 Å². The average Bonchev–Trinajstić information content (AvgIpc) is 3.11. The minimum atomic E-state index is 0.0185. The van der Waals surface area contributed by atoms with Gasteiger partial charge in [-0.15, -0.1) is 0 Å². The van der Waals surface area contributed by atoms with Crippen LogP contribution in [-0.4, -0.2) is 55.0 Å². The molecule has 1 aromatic heterocycles. The van der Waals surface area contributed by atoms with E-state index < -0.39 is 0 Å². The van der Waals surface area contributed by atoms with Crippen LogP contribution in [0.3, 0.4) is 0 Å². The number of allylic oxidation sites excluding steroid dienone is 1. The normalized spacial score (nSPS) is 11.7. The number of methoxy groups -OCH3 is 1. The van der Waals surface area contributed by atoms with E-state index in [4.69, 9.17) is 20.0 Å². The molecular formula is C41H65N5O2S. The lowest BCUT2D eigenvalue weighted by atomic mass is 10.0. The number of aromatic nitrogens is 2. The number of nitrogens with zero attached hydrogens (tertiary/aromatic N) is 5. The van der Waals surface area contributed by atoms with E-state index >= 15 is 0 Å². The van der Waals surface area contributed by atoms with Gasteiger partial charge in [-0.05, 0) is 68.7 Å². The Balaban J connectivity index is 0.00000121. The van der Waals surface area contributed by atoms with Gasteiger partial charge in [-0.2, -0.15) is 27.0 Å². The average molecular weight is 692 g/mol. The highest BCUT2D eigenvalue weighted by Gasteiger charge is 2.27. The summed E-state index contributed by atoms with van der Waals surface area (Å²) in [7, 11) is 1.63. The summed E-state index contributed by atoms with van der Waals surface area (Å²) < 4.78 is 5.51. The number of hydrogen-bond donors (Lipinski definition) is 0. The van der Waals surface area contributed by atoms with Crippen molar-refractivity contribution in [3.8, 4) is 12.1 Å². The second-order valence-electron chi connectivity index (χ2n) is 12.0. The van der Waals surface area contributed by atoms with Gasteiger partial charge in [0.15, 0.2) is 5.78 Å². The molecule has 0 bridgehead atoms. The lowest BCUT2D eigenvalue weighted by Gasteiger charge is -2.34. The Kier molecular flexibility index (Phi) is 25.3. The smallest absolute Gasteiger partial charge is 0.318 e. The zero-order chi connectivity index (χ0) is 37.2. The molecule has 1 aliphatic heterocycles. The van der Waals surface area contributed by atoms with Crippen molar-refractivity contribution < 1.29 is 9.53 Å². The summed E-state index contributed by atoms with van der Waals surface area (Å²) in [6, 6.07) is 15.9. The fraction of sp³-hybridized carbons (Fsp3) is 0.561. The Labute approximate surface area is 303 Å². The number of nitriles is 1. The molecular weight excluding hydrogens is 627 g/mol. The number of rotatable bonds is 12. The van der Waals surface area contributed by atoms with Crippen LogP contribution in [0.5, 0.6) is 6.01 Å².